The molecule has 0 atom stereocenters. The average Bonchev–Trinajstić information content (AvgIpc) is 2.34. The zero-order valence-electron chi connectivity index (χ0n) is 6.13. The van der Waals surface area contributed by atoms with E-state index in [9.17, 15) is 4.79 Å². The van der Waals surface area contributed by atoms with Crippen molar-refractivity contribution in [3.8, 4) is 0 Å². The third-order valence-corrected chi connectivity index (χ3v) is 1.42. The number of carbonyl (C=O) groups excluding carboxylic acids is 1. The van der Waals surface area contributed by atoms with E-state index in [0.717, 1.165) is 5.56 Å². The van der Waals surface area contributed by atoms with Crippen molar-refractivity contribution in [3.05, 3.63) is 23.7 Å². The van der Waals surface area contributed by atoms with Gasteiger partial charge in [-0.25, -0.2) is 0 Å². The number of aldehydes is 1. The summed E-state index contributed by atoms with van der Waals surface area (Å²) in [4.78, 5) is 10.1. The van der Waals surface area contributed by atoms with Gasteiger partial charge in [-0.1, -0.05) is 21.3 Å². The molecule has 0 aliphatic heterocycles. The van der Waals surface area contributed by atoms with Crippen molar-refractivity contribution >= 4 is 6.29 Å². The molecule has 0 unspecified atom stereocenters. The highest BCUT2D eigenvalue weighted by Gasteiger charge is 2.02. The number of furan rings is 1. The fourth-order valence-electron chi connectivity index (χ4n) is 0.733. The lowest BCUT2D eigenvalue weighted by Gasteiger charge is -1.94. The van der Waals surface area contributed by atoms with E-state index >= 15 is 0 Å². The maximum atomic E-state index is 10.1. The van der Waals surface area contributed by atoms with Crippen LogP contribution in [0.1, 0.15) is 43.3 Å². The van der Waals surface area contributed by atoms with Crippen LogP contribution in [-0.4, -0.2) is 6.29 Å². The van der Waals surface area contributed by atoms with Gasteiger partial charge in [0, 0.05) is 0 Å². The van der Waals surface area contributed by atoms with Crippen molar-refractivity contribution in [1.29, 1.82) is 0 Å². The van der Waals surface area contributed by atoms with Crippen LogP contribution in [0.2, 0.25) is 0 Å². The van der Waals surface area contributed by atoms with Crippen LogP contribution >= 0.6 is 0 Å². The molecule has 0 spiro atoms. The zero-order chi connectivity index (χ0) is 7.56. The minimum atomic E-state index is 0. The highest BCUT2D eigenvalue weighted by molar-refractivity contribution is 5.70. The Morgan fingerprint density at radius 1 is 1.55 bits per heavy atom. The van der Waals surface area contributed by atoms with Gasteiger partial charge in [0.1, 0.15) is 0 Å². The molecule has 0 aliphatic rings. The average molecular weight is 154 g/mol. The number of hydrogen-bond acceptors (Lipinski definition) is 2. The van der Waals surface area contributed by atoms with Gasteiger partial charge in [0.2, 0.25) is 0 Å². The Kier molecular flexibility index (Phi) is 3.58. The minimum Gasteiger partial charge on any atom is -0.461 e. The van der Waals surface area contributed by atoms with Crippen LogP contribution in [0.15, 0.2) is 16.7 Å². The molecule has 1 aromatic heterocycles. The molecule has 2 nitrogen and oxygen atoms in total. The first-order valence-electron chi connectivity index (χ1n) is 3.27. The van der Waals surface area contributed by atoms with Crippen LogP contribution in [-0.2, 0) is 0 Å². The first-order valence-corrected chi connectivity index (χ1v) is 3.27. The van der Waals surface area contributed by atoms with E-state index in [-0.39, 0.29) is 7.43 Å². The predicted octanol–water partition coefficient (Wildman–Crippen LogP) is 2.85. The van der Waals surface area contributed by atoms with Gasteiger partial charge in [-0.2, -0.15) is 0 Å². The normalized spacial score (nSPS) is 9.36. The molecule has 0 bridgehead atoms. The third-order valence-electron chi connectivity index (χ3n) is 1.42. The summed E-state index contributed by atoms with van der Waals surface area (Å²) in [6.45, 7) is 4.11. The van der Waals surface area contributed by atoms with Crippen LogP contribution in [0, 0.1) is 0 Å². The summed E-state index contributed by atoms with van der Waals surface area (Å²) in [5.74, 6) is 0.834. The first kappa shape index (κ1) is 9.95. The van der Waals surface area contributed by atoms with Crippen molar-refractivity contribution in [2.75, 3.05) is 0 Å². The summed E-state index contributed by atoms with van der Waals surface area (Å²) in [5, 5.41) is 0. The van der Waals surface area contributed by atoms with E-state index in [1.165, 1.54) is 0 Å². The van der Waals surface area contributed by atoms with E-state index in [1.807, 2.05) is 0 Å². The fourth-order valence-corrected chi connectivity index (χ4v) is 0.733. The second-order valence-electron chi connectivity index (χ2n) is 2.55. The predicted molar refractivity (Wildman–Crippen MR) is 44.9 cm³/mol. The van der Waals surface area contributed by atoms with Gasteiger partial charge < -0.3 is 4.42 Å². The van der Waals surface area contributed by atoms with Crippen molar-refractivity contribution in [1.82, 2.24) is 0 Å². The second kappa shape index (κ2) is 3.96. The monoisotopic (exact) mass is 154 g/mol. The summed E-state index contributed by atoms with van der Waals surface area (Å²) in [6.07, 6.45) is 2.33. The maximum Gasteiger partial charge on any atom is 0.185 e. The Labute approximate surface area is 67.2 Å². The van der Waals surface area contributed by atoms with Crippen LogP contribution in [0.25, 0.3) is 0 Å². The van der Waals surface area contributed by atoms with E-state index < -0.39 is 0 Å². The Morgan fingerprint density at radius 2 is 2.18 bits per heavy atom. The second-order valence-corrected chi connectivity index (χ2v) is 2.55. The topological polar surface area (TPSA) is 30.2 Å². The summed E-state index contributed by atoms with van der Waals surface area (Å²) < 4.78 is 4.91. The lowest BCUT2D eigenvalue weighted by molar-refractivity contribution is 0.110. The lowest BCUT2D eigenvalue weighted by Crippen LogP contribution is -1.80. The Morgan fingerprint density at radius 3 is 2.45 bits per heavy atom. The highest BCUT2D eigenvalue weighted by Crippen LogP contribution is 2.15. The maximum absolute atomic E-state index is 10.1. The van der Waals surface area contributed by atoms with Crippen molar-refractivity contribution < 1.29 is 9.21 Å². The molecule has 62 valence electrons. The molecule has 0 saturated heterocycles. The van der Waals surface area contributed by atoms with Crippen LogP contribution in [0.5, 0.6) is 0 Å². The molecule has 0 radical (unpaired) electrons. The molecule has 1 rings (SSSR count). The molecule has 11 heavy (non-hydrogen) atoms. The number of rotatable bonds is 2. The zero-order valence-corrected chi connectivity index (χ0v) is 6.13. The summed E-state index contributed by atoms with van der Waals surface area (Å²) in [6, 6.07) is 1.76. The third kappa shape index (κ3) is 2.22. The molecule has 0 saturated carbocycles. The number of hydrogen-bond donors (Lipinski definition) is 0. The van der Waals surface area contributed by atoms with E-state index in [1.54, 1.807) is 12.3 Å². The summed E-state index contributed by atoms with van der Waals surface area (Å²) in [7, 11) is 0. The van der Waals surface area contributed by atoms with Gasteiger partial charge in [-0.05, 0) is 17.5 Å². The van der Waals surface area contributed by atoms with E-state index in [4.69, 9.17) is 4.42 Å². The lowest BCUT2D eigenvalue weighted by atomic mass is 10.1. The molecule has 0 amide bonds. The van der Waals surface area contributed by atoms with Crippen LogP contribution in [0.4, 0.5) is 0 Å². The van der Waals surface area contributed by atoms with Gasteiger partial charge in [-0.15, -0.1) is 0 Å². The minimum absolute atomic E-state index is 0. The molecule has 1 aromatic rings. The van der Waals surface area contributed by atoms with Crippen molar-refractivity contribution in [2.24, 2.45) is 0 Å². The molecular weight excluding hydrogens is 140 g/mol. The molecule has 0 aromatic carbocycles. The number of carbonyl (C=O) groups is 1. The molecule has 2 heteroatoms. The van der Waals surface area contributed by atoms with Crippen molar-refractivity contribution in [3.63, 3.8) is 0 Å². The largest absolute Gasteiger partial charge is 0.461 e. The van der Waals surface area contributed by atoms with Crippen molar-refractivity contribution in [2.45, 2.75) is 27.2 Å². The first-order chi connectivity index (χ1) is 4.74. The van der Waals surface area contributed by atoms with Crippen LogP contribution < -0.4 is 0 Å². The van der Waals surface area contributed by atoms with Gasteiger partial charge >= 0.3 is 0 Å². The molecule has 0 fully saturated rings. The molecule has 1 heterocycles. The smallest absolute Gasteiger partial charge is 0.185 e. The molecule has 0 aliphatic carbocycles. The van der Waals surface area contributed by atoms with Crippen LogP contribution in [0.3, 0.4) is 0 Å². The van der Waals surface area contributed by atoms with Gasteiger partial charge in [0.05, 0.1) is 6.26 Å². The van der Waals surface area contributed by atoms with Gasteiger partial charge in [-0.3, -0.25) is 4.79 Å². The molecular formula is C9H14O2. The highest BCUT2D eigenvalue weighted by atomic mass is 16.3. The summed E-state index contributed by atoms with van der Waals surface area (Å²) >= 11 is 0. The quantitative estimate of drug-likeness (QED) is 0.613. The summed E-state index contributed by atoms with van der Waals surface area (Å²) in [5.41, 5.74) is 1.07. The Bertz CT molecular complexity index is 223. The fraction of sp³-hybridized carbons (Fsp3) is 0.444. The van der Waals surface area contributed by atoms with Gasteiger partial charge in [0.15, 0.2) is 12.0 Å². The van der Waals surface area contributed by atoms with E-state index in [2.05, 4.69) is 13.8 Å². The standard InChI is InChI=1S/C8H10O2.CH4/c1-6(2)7-3-8(4-9)10-5-7;/h3-6H,1-2H3;1H4. The molecule has 0 N–H and O–H groups in total. The Balaban J connectivity index is 0.000001000. The Hall–Kier alpha value is -1.05. The van der Waals surface area contributed by atoms with E-state index in [0.29, 0.717) is 18.0 Å². The van der Waals surface area contributed by atoms with Gasteiger partial charge in [0.25, 0.3) is 0 Å². The SMILES string of the molecule is C.CC(C)c1coc(C=O)c1.